The SMILES string of the molecule is CC1Oc2ccc(CCNC(=O)CCc3ccccc3)cc2NC1=O. The highest BCUT2D eigenvalue weighted by Gasteiger charge is 2.23. The average molecular weight is 338 g/mol. The van der Waals surface area contributed by atoms with E-state index >= 15 is 0 Å². The van der Waals surface area contributed by atoms with Crippen LogP contribution in [0.25, 0.3) is 0 Å². The molecule has 5 heteroatoms. The Labute approximate surface area is 147 Å². The average Bonchev–Trinajstić information content (AvgIpc) is 2.62. The second kappa shape index (κ2) is 7.83. The molecule has 1 atom stereocenters. The summed E-state index contributed by atoms with van der Waals surface area (Å²) >= 11 is 0. The topological polar surface area (TPSA) is 67.4 Å². The summed E-state index contributed by atoms with van der Waals surface area (Å²) in [6, 6.07) is 15.7. The van der Waals surface area contributed by atoms with Crippen LogP contribution in [0.3, 0.4) is 0 Å². The van der Waals surface area contributed by atoms with Gasteiger partial charge in [-0.15, -0.1) is 0 Å². The van der Waals surface area contributed by atoms with Crippen LogP contribution < -0.4 is 15.4 Å². The summed E-state index contributed by atoms with van der Waals surface area (Å²) in [6.45, 7) is 2.29. The minimum absolute atomic E-state index is 0.0484. The molecule has 0 saturated heterocycles. The van der Waals surface area contributed by atoms with E-state index in [9.17, 15) is 9.59 Å². The second-order valence-electron chi connectivity index (χ2n) is 6.17. The summed E-state index contributed by atoms with van der Waals surface area (Å²) in [4.78, 5) is 23.6. The first kappa shape index (κ1) is 17.0. The third-order valence-corrected chi connectivity index (χ3v) is 4.19. The van der Waals surface area contributed by atoms with Gasteiger partial charge < -0.3 is 15.4 Å². The van der Waals surface area contributed by atoms with Crippen LogP contribution in [0.5, 0.6) is 5.75 Å². The van der Waals surface area contributed by atoms with Crippen molar-refractivity contribution in [3.05, 3.63) is 59.7 Å². The molecule has 1 heterocycles. The highest BCUT2D eigenvalue weighted by Crippen LogP contribution is 2.30. The number of carbonyl (C=O) groups is 2. The lowest BCUT2D eigenvalue weighted by Crippen LogP contribution is -2.34. The van der Waals surface area contributed by atoms with Gasteiger partial charge in [0.2, 0.25) is 5.91 Å². The van der Waals surface area contributed by atoms with Crippen molar-refractivity contribution in [3.63, 3.8) is 0 Å². The van der Waals surface area contributed by atoms with Crippen molar-refractivity contribution in [2.45, 2.75) is 32.3 Å². The lowest BCUT2D eigenvalue weighted by atomic mass is 10.1. The molecule has 2 aromatic rings. The zero-order chi connectivity index (χ0) is 17.6. The van der Waals surface area contributed by atoms with Gasteiger partial charge in [0.05, 0.1) is 5.69 Å². The Morgan fingerprint density at radius 3 is 2.72 bits per heavy atom. The van der Waals surface area contributed by atoms with Crippen molar-refractivity contribution in [2.24, 2.45) is 0 Å². The third-order valence-electron chi connectivity index (χ3n) is 4.19. The summed E-state index contributed by atoms with van der Waals surface area (Å²) in [6.07, 6.45) is 1.46. The van der Waals surface area contributed by atoms with Gasteiger partial charge in [-0.3, -0.25) is 9.59 Å². The summed E-state index contributed by atoms with van der Waals surface area (Å²) < 4.78 is 5.53. The monoisotopic (exact) mass is 338 g/mol. The van der Waals surface area contributed by atoms with Gasteiger partial charge in [0.1, 0.15) is 5.75 Å². The van der Waals surface area contributed by atoms with Crippen LogP contribution in [0.2, 0.25) is 0 Å². The number of benzene rings is 2. The predicted molar refractivity (Wildman–Crippen MR) is 96.6 cm³/mol. The fraction of sp³-hybridized carbons (Fsp3) is 0.300. The molecule has 1 unspecified atom stereocenters. The highest BCUT2D eigenvalue weighted by molar-refractivity contribution is 5.97. The van der Waals surface area contributed by atoms with Gasteiger partial charge in [-0.05, 0) is 43.0 Å². The van der Waals surface area contributed by atoms with E-state index in [4.69, 9.17) is 4.74 Å². The minimum Gasteiger partial charge on any atom is -0.479 e. The zero-order valence-corrected chi connectivity index (χ0v) is 14.2. The normalized spacial score (nSPS) is 15.7. The lowest BCUT2D eigenvalue weighted by molar-refractivity contribution is -0.123. The van der Waals surface area contributed by atoms with E-state index in [2.05, 4.69) is 10.6 Å². The molecule has 25 heavy (non-hydrogen) atoms. The molecule has 1 aliphatic heterocycles. The Bertz CT molecular complexity index is 759. The number of carbonyl (C=O) groups excluding carboxylic acids is 2. The minimum atomic E-state index is -0.470. The standard InChI is InChI=1S/C20H22N2O3/c1-14-20(24)22-17-13-16(7-9-18(17)25-14)11-12-21-19(23)10-8-15-5-3-2-4-6-15/h2-7,9,13-14H,8,10-12H2,1H3,(H,21,23)(H,22,24). The van der Waals surface area contributed by atoms with Crippen LogP contribution in [0.4, 0.5) is 5.69 Å². The van der Waals surface area contributed by atoms with E-state index in [1.807, 2.05) is 48.5 Å². The number of ether oxygens (including phenoxy) is 1. The fourth-order valence-corrected chi connectivity index (χ4v) is 2.75. The quantitative estimate of drug-likeness (QED) is 0.851. The van der Waals surface area contributed by atoms with Gasteiger partial charge in [-0.1, -0.05) is 36.4 Å². The van der Waals surface area contributed by atoms with E-state index in [-0.39, 0.29) is 11.8 Å². The van der Waals surface area contributed by atoms with Crippen LogP contribution in [0, 0.1) is 0 Å². The first-order chi connectivity index (χ1) is 12.1. The van der Waals surface area contributed by atoms with Crippen LogP contribution in [-0.2, 0) is 22.4 Å². The summed E-state index contributed by atoms with van der Waals surface area (Å²) in [5.41, 5.74) is 2.90. The molecule has 2 aromatic carbocycles. The number of anilines is 1. The molecule has 2 amide bonds. The van der Waals surface area contributed by atoms with Crippen LogP contribution in [-0.4, -0.2) is 24.5 Å². The molecule has 0 spiro atoms. The van der Waals surface area contributed by atoms with Gasteiger partial charge in [0.15, 0.2) is 6.10 Å². The van der Waals surface area contributed by atoms with Crippen molar-refractivity contribution in [1.29, 1.82) is 0 Å². The Kier molecular flexibility index (Phi) is 5.33. The van der Waals surface area contributed by atoms with E-state index in [1.54, 1.807) is 6.92 Å². The molecule has 0 aromatic heterocycles. The van der Waals surface area contributed by atoms with E-state index in [0.717, 1.165) is 17.5 Å². The summed E-state index contributed by atoms with van der Waals surface area (Å²) in [5, 5.41) is 5.78. The number of nitrogens with one attached hydrogen (secondary N) is 2. The molecule has 0 aliphatic carbocycles. The number of aryl methyl sites for hydroxylation is 1. The second-order valence-corrected chi connectivity index (χ2v) is 6.17. The lowest BCUT2D eigenvalue weighted by Gasteiger charge is -2.23. The molecule has 130 valence electrons. The Balaban J connectivity index is 1.45. The van der Waals surface area contributed by atoms with Gasteiger partial charge in [0.25, 0.3) is 5.91 Å². The van der Waals surface area contributed by atoms with Crippen molar-refractivity contribution in [1.82, 2.24) is 5.32 Å². The van der Waals surface area contributed by atoms with Crippen molar-refractivity contribution < 1.29 is 14.3 Å². The molecular weight excluding hydrogens is 316 g/mol. The van der Waals surface area contributed by atoms with E-state index in [1.165, 1.54) is 0 Å². The molecule has 0 saturated carbocycles. The predicted octanol–water partition coefficient (Wildman–Crippen LogP) is 2.70. The number of hydrogen-bond acceptors (Lipinski definition) is 3. The number of hydrogen-bond donors (Lipinski definition) is 2. The van der Waals surface area contributed by atoms with Gasteiger partial charge >= 0.3 is 0 Å². The van der Waals surface area contributed by atoms with E-state index in [0.29, 0.717) is 30.8 Å². The Hall–Kier alpha value is -2.82. The first-order valence-electron chi connectivity index (χ1n) is 8.53. The van der Waals surface area contributed by atoms with Crippen molar-refractivity contribution >= 4 is 17.5 Å². The molecule has 0 fully saturated rings. The van der Waals surface area contributed by atoms with E-state index < -0.39 is 6.10 Å². The maximum absolute atomic E-state index is 11.9. The molecule has 5 nitrogen and oxygen atoms in total. The summed E-state index contributed by atoms with van der Waals surface area (Å²) in [7, 11) is 0. The van der Waals surface area contributed by atoms with Crippen LogP contribution in [0.1, 0.15) is 24.5 Å². The molecule has 1 aliphatic rings. The molecular formula is C20H22N2O3. The smallest absolute Gasteiger partial charge is 0.265 e. The van der Waals surface area contributed by atoms with Crippen LogP contribution >= 0.6 is 0 Å². The highest BCUT2D eigenvalue weighted by atomic mass is 16.5. The van der Waals surface area contributed by atoms with Crippen molar-refractivity contribution in [3.8, 4) is 5.75 Å². The molecule has 2 N–H and O–H groups in total. The molecule has 0 bridgehead atoms. The Morgan fingerprint density at radius 2 is 1.92 bits per heavy atom. The van der Waals surface area contributed by atoms with Gasteiger partial charge in [-0.25, -0.2) is 0 Å². The van der Waals surface area contributed by atoms with Gasteiger partial charge in [-0.2, -0.15) is 0 Å². The number of amides is 2. The van der Waals surface area contributed by atoms with Crippen LogP contribution in [0.15, 0.2) is 48.5 Å². The maximum Gasteiger partial charge on any atom is 0.265 e. The summed E-state index contributed by atoms with van der Waals surface area (Å²) in [5.74, 6) is 0.592. The number of rotatable bonds is 6. The molecule has 3 rings (SSSR count). The van der Waals surface area contributed by atoms with Gasteiger partial charge in [0, 0.05) is 13.0 Å². The largest absolute Gasteiger partial charge is 0.479 e. The molecule has 0 radical (unpaired) electrons. The maximum atomic E-state index is 11.9. The Morgan fingerprint density at radius 1 is 1.12 bits per heavy atom. The number of fused-ring (bicyclic) bond motifs is 1. The fourth-order valence-electron chi connectivity index (χ4n) is 2.75. The van der Waals surface area contributed by atoms with Crippen molar-refractivity contribution in [2.75, 3.05) is 11.9 Å². The third kappa shape index (κ3) is 4.59. The zero-order valence-electron chi connectivity index (χ0n) is 14.2. The first-order valence-corrected chi connectivity index (χ1v) is 8.53.